The van der Waals surface area contributed by atoms with Crippen LogP contribution in [0.1, 0.15) is 41.5 Å². The van der Waals surface area contributed by atoms with Crippen LogP contribution in [0.15, 0.2) is 43.4 Å². The Labute approximate surface area is 140 Å². The molecular weight excluding hydrogens is 308 g/mol. The number of fused-ring (bicyclic) bond motifs is 3. The minimum Gasteiger partial charge on any atom is -0.236 e. The Morgan fingerprint density at radius 2 is 1.41 bits per heavy atom. The van der Waals surface area contributed by atoms with Crippen LogP contribution < -0.4 is 0 Å². The second-order valence-corrected chi connectivity index (χ2v) is 9.60. The fourth-order valence-electron chi connectivity index (χ4n) is 3.90. The molecule has 0 amide bonds. The van der Waals surface area contributed by atoms with Crippen molar-refractivity contribution in [1.82, 2.24) is 0 Å². The Morgan fingerprint density at radius 3 is 1.86 bits per heavy atom. The molecule has 2 nitrogen and oxygen atoms in total. The van der Waals surface area contributed by atoms with Crippen LogP contribution in [0.3, 0.4) is 0 Å². The van der Waals surface area contributed by atoms with Crippen LogP contribution in [0.5, 0.6) is 0 Å². The van der Waals surface area contributed by atoms with Gasteiger partial charge >= 0.3 is 0 Å². The molecule has 0 saturated heterocycles. The summed E-state index contributed by atoms with van der Waals surface area (Å²) in [5, 5.41) is 9.77. The van der Waals surface area contributed by atoms with E-state index < -0.39 is 0 Å². The highest BCUT2D eigenvalue weighted by Gasteiger charge is 2.60. The van der Waals surface area contributed by atoms with E-state index in [-0.39, 0.29) is 9.49 Å². The van der Waals surface area contributed by atoms with E-state index in [4.69, 9.17) is 6.57 Å². The quantitative estimate of drug-likeness (QED) is 0.543. The van der Waals surface area contributed by atoms with Gasteiger partial charge < -0.3 is 0 Å². The summed E-state index contributed by atoms with van der Waals surface area (Å²) in [6.07, 6.45) is 0. The van der Waals surface area contributed by atoms with Gasteiger partial charge in [0, 0.05) is 0 Å². The first kappa shape index (κ1) is 15.5. The van der Waals surface area contributed by atoms with Crippen molar-refractivity contribution in [3.63, 3.8) is 0 Å². The maximum Gasteiger partial charge on any atom is 0.209 e. The van der Waals surface area contributed by atoms with Crippen molar-refractivity contribution >= 4 is 23.5 Å². The van der Waals surface area contributed by atoms with E-state index in [0.717, 1.165) is 11.1 Å². The Balaban J connectivity index is 2.47. The third-order valence-corrected chi connectivity index (χ3v) is 8.73. The van der Waals surface area contributed by atoms with E-state index in [2.05, 4.69) is 52.5 Å². The van der Waals surface area contributed by atoms with Gasteiger partial charge in [0.15, 0.2) is 0 Å². The molecule has 112 valence electrons. The first-order chi connectivity index (χ1) is 10.2. The Kier molecular flexibility index (Phi) is 3.23. The number of thioether (sulfide) groups is 2. The minimum absolute atomic E-state index is 0.194. The zero-order valence-corrected chi connectivity index (χ0v) is 15.3. The van der Waals surface area contributed by atoms with E-state index in [9.17, 15) is 5.26 Å². The van der Waals surface area contributed by atoms with Crippen molar-refractivity contribution in [1.29, 1.82) is 5.26 Å². The first-order valence-corrected chi connectivity index (χ1v) is 8.87. The topological polar surface area (TPSA) is 28.1 Å². The van der Waals surface area contributed by atoms with Gasteiger partial charge in [-0.15, -0.1) is 23.5 Å². The van der Waals surface area contributed by atoms with Crippen LogP contribution in [-0.2, 0) is 0 Å². The molecule has 22 heavy (non-hydrogen) atoms. The normalized spacial score (nSPS) is 34.0. The molecule has 0 aromatic rings. The van der Waals surface area contributed by atoms with Crippen molar-refractivity contribution in [3.05, 3.63) is 54.8 Å². The van der Waals surface area contributed by atoms with Gasteiger partial charge in [0.05, 0.1) is 27.7 Å². The Bertz CT molecular complexity index is 756. The van der Waals surface area contributed by atoms with Crippen LogP contribution in [-0.4, -0.2) is 9.49 Å². The molecule has 2 atom stereocenters. The molecule has 2 aliphatic heterocycles. The Hall–Kier alpha value is -1.36. The highest BCUT2D eigenvalue weighted by molar-refractivity contribution is 8.09. The number of hydrogen-bond donors (Lipinski definition) is 0. The first-order valence-electron chi connectivity index (χ1n) is 7.24. The van der Waals surface area contributed by atoms with Crippen LogP contribution in [0.2, 0.25) is 0 Å². The standard InChI is InChI=1S/C18H18N2S2/c1-9-11(3)21-17(5)14(9)13(8-19)16(20-7)15-10(2)12(4)22-18(15,17)6/h1-6H3. The maximum atomic E-state index is 9.77. The molecule has 0 N–H and O–H groups in total. The van der Waals surface area contributed by atoms with Gasteiger partial charge in [-0.3, -0.25) is 0 Å². The average Bonchev–Trinajstić information content (AvgIpc) is 2.83. The van der Waals surface area contributed by atoms with Crippen LogP contribution in [0.25, 0.3) is 4.85 Å². The monoisotopic (exact) mass is 326 g/mol. The maximum absolute atomic E-state index is 9.77. The molecule has 0 saturated carbocycles. The molecule has 0 aromatic heterocycles. The number of allylic oxidation sites excluding steroid dienone is 5. The second-order valence-electron chi connectivity index (χ2n) is 6.33. The predicted octanol–water partition coefficient (Wildman–Crippen LogP) is 5.59. The van der Waals surface area contributed by atoms with E-state index in [1.54, 1.807) is 0 Å². The zero-order chi connectivity index (χ0) is 16.4. The van der Waals surface area contributed by atoms with E-state index in [0.29, 0.717) is 11.3 Å². The van der Waals surface area contributed by atoms with Gasteiger partial charge in [0.1, 0.15) is 0 Å². The van der Waals surface area contributed by atoms with Crippen LogP contribution >= 0.6 is 23.5 Å². The predicted molar refractivity (Wildman–Crippen MR) is 95.0 cm³/mol. The summed E-state index contributed by atoms with van der Waals surface area (Å²) in [6, 6.07) is 2.35. The van der Waals surface area contributed by atoms with Gasteiger partial charge in [0.25, 0.3) is 0 Å². The fourth-order valence-corrected chi connectivity index (χ4v) is 7.19. The molecule has 2 heterocycles. The van der Waals surface area contributed by atoms with E-state index >= 15 is 0 Å². The summed E-state index contributed by atoms with van der Waals surface area (Å²) in [7, 11) is 0. The minimum atomic E-state index is -0.195. The fraction of sp³-hybridized carbons (Fsp3) is 0.444. The van der Waals surface area contributed by atoms with Crippen molar-refractivity contribution in [2.45, 2.75) is 51.0 Å². The van der Waals surface area contributed by atoms with Crippen LogP contribution in [0.4, 0.5) is 0 Å². The molecular formula is C18H18N2S2. The lowest BCUT2D eigenvalue weighted by Gasteiger charge is -2.47. The van der Waals surface area contributed by atoms with E-state index in [1.807, 2.05) is 23.5 Å². The summed E-state index contributed by atoms with van der Waals surface area (Å²) in [5.74, 6) is 0. The van der Waals surface area contributed by atoms with Crippen LogP contribution in [0, 0.1) is 17.9 Å². The molecule has 0 aromatic carbocycles. The summed E-state index contributed by atoms with van der Waals surface area (Å²) in [6.45, 7) is 20.6. The molecule has 0 spiro atoms. The number of nitrogens with zero attached hydrogens (tertiary/aromatic N) is 2. The second kappa shape index (κ2) is 4.57. The lowest BCUT2D eigenvalue weighted by Crippen LogP contribution is -2.48. The van der Waals surface area contributed by atoms with Crippen molar-refractivity contribution < 1.29 is 0 Å². The smallest absolute Gasteiger partial charge is 0.209 e. The van der Waals surface area contributed by atoms with Crippen molar-refractivity contribution in [3.8, 4) is 6.07 Å². The van der Waals surface area contributed by atoms with Crippen molar-refractivity contribution in [2.75, 3.05) is 0 Å². The lowest BCUT2D eigenvalue weighted by molar-refractivity contribution is 0.603. The number of hydrogen-bond acceptors (Lipinski definition) is 3. The third kappa shape index (κ3) is 1.53. The average molecular weight is 326 g/mol. The van der Waals surface area contributed by atoms with Gasteiger partial charge in [-0.25, -0.2) is 4.85 Å². The van der Waals surface area contributed by atoms with Gasteiger partial charge in [0.2, 0.25) is 5.70 Å². The highest BCUT2D eigenvalue weighted by Crippen LogP contribution is 2.69. The number of nitriles is 1. The molecule has 0 radical (unpaired) electrons. The SMILES string of the molecule is [C-]#[N+]C1=C2C(C)=C(C)SC2(C)C2(C)SC(C)=C(C)C2=C1C#N. The third-order valence-electron chi connectivity index (χ3n) is 5.33. The van der Waals surface area contributed by atoms with Crippen molar-refractivity contribution in [2.24, 2.45) is 0 Å². The molecule has 3 rings (SSSR count). The molecule has 0 fully saturated rings. The largest absolute Gasteiger partial charge is 0.236 e. The molecule has 3 aliphatic rings. The van der Waals surface area contributed by atoms with E-state index in [1.165, 1.54) is 21.0 Å². The molecule has 1 aliphatic carbocycles. The van der Waals surface area contributed by atoms with Gasteiger partial charge in [-0.05, 0) is 73.6 Å². The molecule has 2 unspecified atom stereocenters. The Morgan fingerprint density at radius 1 is 0.955 bits per heavy atom. The highest BCUT2D eigenvalue weighted by atomic mass is 32.2. The van der Waals surface area contributed by atoms with Gasteiger partial charge in [-0.1, -0.05) is 0 Å². The molecule has 4 heteroatoms. The zero-order valence-electron chi connectivity index (χ0n) is 13.7. The summed E-state index contributed by atoms with van der Waals surface area (Å²) in [5.41, 5.74) is 5.64. The lowest BCUT2D eigenvalue weighted by atomic mass is 9.70. The van der Waals surface area contributed by atoms with Gasteiger partial charge in [-0.2, -0.15) is 5.26 Å². The summed E-state index contributed by atoms with van der Waals surface area (Å²) < 4.78 is -0.389. The summed E-state index contributed by atoms with van der Waals surface area (Å²) >= 11 is 3.72. The number of rotatable bonds is 0. The molecule has 0 bridgehead atoms. The summed E-state index contributed by atoms with van der Waals surface area (Å²) in [4.78, 5) is 6.32.